The van der Waals surface area contributed by atoms with Gasteiger partial charge >= 0.3 is 12.0 Å². The maximum atomic E-state index is 12.0. The number of carboxylic acid groups (broad SMARTS) is 1. The number of benzene rings is 1. The molecular formula is C16H22N2O3. The molecule has 1 atom stereocenters. The minimum Gasteiger partial charge on any atom is -0.480 e. The van der Waals surface area contributed by atoms with Crippen molar-refractivity contribution in [3.05, 3.63) is 35.9 Å². The van der Waals surface area contributed by atoms with Gasteiger partial charge < -0.3 is 15.7 Å². The molecule has 2 rings (SSSR count). The summed E-state index contributed by atoms with van der Waals surface area (Å²) in [6.07, 6.45) is 4.20. The van der Waals surface area contributed by atoms with Gasteiger partial charge in [-0.25, -0.2) is 9.59 Å². The van der Waals surface area contributed by atoms with E-state index in [0.717, 1.165) is 31.2 Å². The van der Waals surface area contributed by atoms with Crippen molar-refractivity contribution in [2.24, 2.45) is 0 Å². The maximum Gasteiger partial charge on any atom is 0.326 e. The third-order valence-corrected chi connectivity index (χ3v) is 4.25. The lowest BCUT2D eigenvalue weighted by Gasteiger charge is -2.42. The summed E-state index contributed by atoms with van der Waals surface area (Å²) in [6.45, 7) is 2.04. The first-order valence-corrected chi connectivity index (χ1v) is 7.40. The van der Waals surface area contributed by atoms with Gasteiger partial charge in [0.2, 0.25) is 0 Å². The SMILES string of the molecule is CCC1(NC(=O)N[C@H](Cc2ccccc2)C(=O)O)CCC1. The fraction of sp³-hybridized carbons (Fsp3) is 0.500. The van der Waals surface area contributed by atoms with E-state index in [2.05, 4.69) is 10.6 Å². The fourth-order valence-corrected chi connectivity index (χ4v) is 2.66. The van der Waals surface area contributed by atoms with E-state index in [1.54, 1.807) is 0 Å². The summed E-state index contributed by atoms with van der Waals surface area (Å²) in [5.41, 5.74) is 0.749. The Hall–Kier alpha value is -2.04. The van der Waals surface area contributed by atoms with Gasteiger partial charge in [0.1, 0.15) is 6.04 Å². The number of rotatable bonds is 6. The van der Waals surface area contributed by atoms with E-state index >= 15 is 0 Å². The number of hydrogen-bond acceptors (Lipinski definition) is 2. The van der Waals surface area contributed by atoms with Crippen molar-refractivity contribution in [3.8, 4) is 0 Å². The standard InChI is InChI=1S/C16H22N2O3/c1-2-16(9-6-10-16)18-15(21)17-13(14(19)20)11-12-7-4-3-5-8-12/h3-5,7-8,13H,2,6,9-11H2,1H3,(H,19,20)(H2,17,18,21)/t13-/m1/s1. The molecule has 0 unspecified atom stereocenters. The van der Waals surface area contributed by atoms with Crippen molar-refractivity contribution in [1.82, 2.24) is 10.6 Å². The fourth-order valence-electron chi connectivity index (χ4n) is 2.66. The van der Waals surface area contributed by atoms with E-state index < -0.39 is 12.0 Å². The first-order valence-electron chi connectivity index (χ1n) is 7.40. The molecule has 0 saturated heterocycles. The molecule has 5 nitrogen and oxygen atoms in total. The number of carbonyl (C=O) groups excluding carboxylic acids is 1. The molecule has 3 N–H and O–H groups in total. The molecule has 0 heterocycles. The van der Waals surface area contributed by atoms with Gasteiger partial charge in [0.05, 0.1) is 0 Å². The molecule has 1 aromatic rings. The molecule has 1 aliphatic carbocycles. The zero-order valence-corrected chi connectivity index (χ0v) is 12.3. The van der Waals surface area contributed by atoms with Crippen LogP contribution in [-0.4, -0.2) is 28.7 Å². The second-order valence-electron chi connectivity index (χ2n) is 5.67. The molecular weight excluding hydrogens is 268 g/mol. The van der Waals surface area contributed by atoms with Crippen molar-refractivity contribution in [3.63, 3.8) is 0 Å². The van der Waals surface area contributed by atoms with E-state index in [9.17, 15) is 14.7 Å². The van der Waals surface area contributed by atoms with Crippen LogP contribution >= 0.6 is 0 Å². The van der Waals surface area contributed by atoms with E-state index in [-0.39, 0.29) is 18.0 Å². The molecule has 0 spiro atoms. The third kappa shape index (κ3) is 3.97. The summed E-state index contributed by atoms with van der Waals surface area (Å²) in [7, 11) is 0. The Kier molecular flexibility index (Phi) is 4.83. The summed E-state index contributed by atoms with van der Waals surface area (Å²) in [5, 5.41) is 14.8. The summed E-state index contributed by atoms with van der Waals surface area (Å²) >= 11 is 0. The number of amides is 2. The Balaban J connectivity index is 1.93. The Bertz CT molecular complexity index is 492. The van der Waals surface area contributed by atoms with Crippen LogP contribution in [0, 0.1) is 0 Å². The van der Waals surface area contributed by atoms with Crippen LogP contribution in [0.1, 0.15) is 38.2 Å². The quantitative estimate of drug-likeness (QED) is 0.752. The van der Waals surface area contributed by atoms with Gasteiger partial charge in [0.25, 0.3) is 0 Å². The van der Waals surface area contributed by atoms with Crippen LogP contribution in [0.15, 0.2) is 30.3 Å². The molecule has 21 heavy (non-hydrogen) atoms. The summed E-state index contributed by atoms with van der Waals surface area (Å²) in [5.74, 6) is -1.02. The van der Waals surface area contributed by atoms with Gasteiger partial charge in [-0.2, -0.15) is 0 Å². The lowest BCUT2D eigenvalue weighted by Crippen LogP contribution is -2.58. The highest BCUT2D eigenvalue weighted by atomic mass is 16.4. The van der Waals surface area contributed by atoms with Gasteiger partial charge in [-0.1, -0.05) is 37.3 Å². The van der Waals surface area contributed by atoms with Gasteiger partial charge in [0.15, 0.2) is 0 Å². The van der Waals surface area contributed by atoms with Gasteiger partial charge in [-0.3, -0.25) is 0 Å². The lowest BCUT2D eigenvalue weighted by atomic mass is 9.75. The second-order valence-corrected chi connectivity index (χ2v) is 5.67. The third-order valence-electron chi connectivity index (χ3n) is 4.25. The van der Waals surface area contributed by atoms with Crippen LogP contribution in [0.5, 0.6) is 0 Å². The van der Waals surface area contributed by atoms with Crippen LogP contribution in [0.25, 0.3) is 0 Å². The van der Waals surface area contributed by atoms with Gasteiger partial charge in [0, 0.05) is 12.0 Å². The molecule has 1 saturated carbocycles. The number of carboxylic acids is 1. The molecule has 0 bridgehead atoms. The summed E-state index contributed by atoms with van der Waals surface area (Å²) in [4.78, 5) is 23.3. The van der Waals surface area contributed by atoms with E-state index in [1.807, 2.05) is 37.3 Å². The van der Waals surface area contributed by atoms with Crippen molar-refractivity contribution in [1.29, 1.82) is 0 Å². The smallest absolute Gasteiger partial charge is 0.326 e. The Morgan fingerprint density at radius 3 is 2.43 bits per heavy atom. The number of aliphatic carboxylic acids is 1. The largest absolute Gasteiger partial charge is 0.480 e. The van der Waals surface area contributed by atoms with Crippen molar-refractivity contribution in [2.75, 3.05) is 0 Å². The first kappa shape index (κ1) is 15.4. The second kappa shape index (κ2) is 6.61. The van der Waals surface area contributed by atoms with Crippen LogP contribution in [0.2, 0.25) is 0 Å². The van der Waals surface area contributed by atoms with E-state index in [4.69, 9.17) is 0 Å². The molecule has 5 heteroatoms. The topological polar surface area (TPSA) is 78.4 Å². The molecule has 1 fully saturated rings. The van der Waals surface area contributed by atoms with Crippen LogP contribution in [0.4, 0.5) is 4.79 Å². The zero-order valence-electron chi connectivity index (χ0n) is 12.3. The van der Waals surface area contributed by atoms with Gasteiger partial charge in [-0.05, 0) is 31.2 Å². The Labute approximate surface area is 124 Å². The highest BCUT2D eigenvalue weighted by Gasteiger charge is 2.37. The highest BCUT2D eigenvalue weighted by molar-refractivity contribution is 5.83. The average molecular weight is 290 g/mol. The molecule has 114 valence electrons. The molecule has 0 aromatic heterocycles. The normalized spacial score (nSPS) is 17.4. The summed E-state index contributed by atoms with van der Waals surface area (Å²) < 4.78 is 0. The Morgan fingerprint density at radius 2 is 1.95 bits per heavy atom. The minimum absolute atomic E-state index is 0.139. The Morgan fingerprint density at radius 1 is 1.29 bits per heavy atom. The number of nitrogens with one attached hydrogen (secondary N) is 2. The zero-order chi connectivity index (χ0) is 15.3. The maximum absolute atomic E-state index is 12.0. The number of urea groups is 1. The highest BCUT2D eigenvalue weighted by Crippen LogP contribution is 2.34. The van der Waals surface area contributed by atoms with E-state index in [1.165, 1.54) is 0 Å². The van der Waals surface area contributed by atoms with Crippen LogP contribution < -0.4 is 10.6 Å². The van der Waals surface area contributed by atoms with Crippen LogP contribution in [-0.2, 0) is 11.2 Å². The lowest BCUT2D eigenvalue weighted by molar-refractivity contribution is -0.139. The molecule has 0 aliphatic heterocycles. The van der Waals surface area contributed by atoms with Crippen LogP contribution in [0.3, 0.4) is 0 Å². The number of hydrogen-bond donors (Lipinski definition) is 3. The molecule has 1 aromatic carbocycles. The molecule has 2 amide bonds. The predicted octanol–water partition coefficient (Wildman–Crippen LogP) is 2.31. The first-order chi connectivity index (χ1) is 10.0. The summed E-state index contributed by atoms with van der Waals surface area (Å²) in [6, 6.07) is 8.00. The predicted molar refractivity (Wildman–Crippen MR) is 80.1 cm³/mol. The van der Waals surface area contributed by atoms with Gasteiger partial charge in [-0.15, -0.1) is 0 Å². The van der Waals surface area contributed by atoms with E-state index in [0.29, 0.717) is 0 Å². The number of carbonyl (C=O) groups is 2. The average Bonchev–Trinajstić information content (AvgIpc) is 2.43. The van der Waals surface area contributed by atoms with Crippen molar-refractivity contribution < 1.29 is 14.7 Å². The molecule has 1 aliphatic rings. The van der Waals surface area contributed by atoms with Crippen molar-refractivity contribution >= 4 is 12.0 Å². The monoisotopic (exact) mass is 290 g/mol. The minimum atomic E-state index is -1.02. The van der Waals surface area contributed by atoms with Crippen molar-refractivity contribution in [2.45, 2.75) is 50.6 Å². The molecule has 0 radical (unpaired) electrons.